The van der Waals surface area contributed by atoms with E-state index in [1.807, 2.05) is 49.0 Å². The molecule has 0 saturated carbocycles. The molecular weight excluding hydrogens is 639 g/mol. The first kappa shape index (κ1) is 35.3. The number of hydrogen-bond donors (Lipinski definition) is 3. The molecule has 4 aromatic rings. The maximum Gasteiger partial charge on any atom is 0.416 e. The van der Waals surface area contributed by atoms with Crippen LogP contribution < -0.4 is 15.4 Å². The van der Waals surface area contributed by atoms with Gasteiger partial charge in [0.1, 0.15) is 11.9 Å². The second-order valence-corrected chi connectivity index (χ2v) is 12.6. The quantitative estimate of drug-likeness (QED) is 0.221. The van der Waals surface area contributed by atoms with E-state index in [9.17, 15) is 32.7 Å². The average molecular weight is 680 g/mol. The number of carbonyl (C=O) groups is 3. The lowest BCUT2D eigenvalue weighted by atomic mass is 10.0. The lowest BCUT2D eigenvalue weighted by molar-refractivity contribution is -0.137. The van der Waals surface area contributed by atoms with E-state index in [1.165, 1.54) is 24.1 Å². The van der Waals surface area contributed by atoms with Gasteiger partial charge in [-0.15, -0.1) is 0 Å². The van der Waals surface area contributed by atoms with Crippen molar-refractivity contribution >= 4 is 40.1 Å². The molecule has 3 aromatic carbocycles. The van der Waals surface area contributed by atoms with Crippen LogP contribution in [-0.2, 0) is 35.7 Å². The van der Waals surface area contributed by atoms with E-state index in [0.29, 0.717) is 17.0 Å². The summed E-state index contributed by atoms with van der Waals surface area (Å²) in [4.78, 5) is 42.7. The molecule has 10 nitrogen and oxygen atoms in total. The van der Waals surface area contributed by atoms with Gasteiger partial charge in [0.15, 0.2) is 0 Å². The number of para-hydroxylation sites is 1. The summed E-state index contributed by atoms with van der Waals surface area (Å²) in [6.07, 6.45) is -3.08. The van der Waals surface area contributed by atoms with Crippen LogP contribution in [0, 0.1) is 5.92 Å². The molecule has 0 fully saturated rings. The first-order chi connectivity index (χ1) is 23.2. The molecule has 2 heterocycles. The zero-order valence-corrected chi connectivity index (χ0v) is 27.8. The van der Waals surface area contributed by atoms with Crippen LogP contribution in [0.1, 0.15) is 30.5 Å². The van der Waals surface area contributed by atoms with Crippen LogP contribution in [0.25, 0.3) is 10.9 Å². The number of alkyl halides is 3. The minimum absolute atomic E-state index is 0.0452. The van der Waals surface area contributed by atoms with E-state index in [-0.39, 0.29) is 56.0 Å². The van der Waals surface area contributed by atoms with Crippen molar-refractivity contribution in [2.45, 2.75) is 45.0 Å². The average Bonchev–Trinajstić information content (AvgIpc) is 3.39. The van der Waals surface area contributed by atoms with Gasteiger partial charge in [-0.05, 0) is 61.0 Å². The predicted molar refractivity (Wildman–Crippen MR) is 180 cm³/mol. The number of fused-ring (bicyclic) bond motifs is 2. The number of amides is 4. The van der Waals surface area contributed by atoms with Crippen LogP contribution in [0.4, 0.5) is 29.3 Å². The Kier molecular flexibility index (Phi) is 10.5. The molecule has 13 heteroatoms. The minimum Gasteiger partial charge on any atom is -0.488 e. The Morgan fingerprint density at radius 1 is 1.06 bits per heavy atom. The Labute approximate surface area is 282 Å². The van der Waals surface area contributed by atoms with Gasteiger partial charge in [0.2, 0.25) is 11.8 Å². The standard InChI is InChI=1S/C36H40F3N5O5/c1-22-18-44(23(2)21-45)34(47)17-24-15-28(40-33(46)16-25-19-42(3)30-8-6-5-7-29(25)30)13-14-31(24)49-32(22)20-43(4)35(48)41-27-11-9-26(10-12-27)36(37,38)39/h5-15,19,22-23,32,45H,16-18,20-21H2,1-4H3,(H,40,46)(H,41,48)/t22-,23-,32-/m1/s1. The highest BCUT2D eigenvalue weighted by atomic mass is 19.4. The number of aromatic nitrogens is 1. The Bertz CT molecular complexity index is 1820. The fourth-order valence-corrected chi connectivity index (χ4v) is 5.98. The molecule has 0 spiro atoms. The van der Waals surface area contributed by atoms with Crippen molar-refractivity contribution in [2.75, 3.05) is 37.4 Å². The molecule has 0 bridgehead atoms. The van der Waals surface area contributed by atoms with Gasteiger partial charge < -0.3 is 34.8 Å². The summed E-state index contributed by atoms with van der Waals surface area (Å²) in [5, 5.41) is 16.5. The smallest absolute Gasteiger partial charge is 0.416 e. The van der Waals surface area contributed by atoms with Crippen LogP contribution in [0.2, 0.25) is 0 Å². The van der Waals surface area contributed by atoms with Crippen molar-refractivity contribution < 1.29 is 37.4 Å². The van der Waals surface area contributed by atoms with Gasteiger partial charge in [-0.25, -0.2) is 4.79 Å². The normalized spacial score (nSPS) is 17.3. The van der Waals surface area contributed by atoms with Gasteiger partial charge in [-0.2, -0.15) is 13.2 Å². The molecule has 0 aliphatic carbocycles. The van der Waals surface area contributed by atoms with Crippen molar-refractivity contribution in [3.8, 4) is 5.75 Å². The number of hydrogen-bond acceptors (Lipinski definition) is 5. The number of nitrogens with zero attached hydrogens (tertiary/aromatic N) is 3. The highest BCUT2D eigenvalue weighted by Gasteiger charge is 2.33. The topological polar surface area (TPSA) is 116 Å². The van der Waals surface area contributed by atoms with Gasteiger partial charge in [-0.3, -0.25) is 9.59 Å². The third kappa shape index (κ3) is 8.34. The van der Waals surface area contributed by atoms with E-state index in [0.717, 1.165) is 28.6 Å². The summed E-state index contributed by atoms with van der Waals surface area (Å²) in [6, 6.07) is 16.0. The number of aliphatic hydroxyl groups is 1. The summed E-state index contributed by atoms with van der Waals surface area (Å²) in [6.45, 7) is 3.68. The van der Waals surface area contributed by atoms with Crippen LogP contribution >= 0.6 is 0 Å². The van der Waals surface area contributed by atoms with E-state index in [4.69, 9.17) is 4.74 Å². The molecule has 1 aromatic heterocycles. The summed E-state index contributed by atoms with van der Waals surface area (Å²) in [5.74, 6) is -0.349. The van der Waals surface area contributed by atoms with Crippen molar-refractivity contribution in [1.82, 2.24) is 14.4 Å². The number of urea groups is 1. The highest BCUT2D eigenvalue weighted by molar-refractivity contribution is 5.96. The molecule has 0 saturated heterocycles. The van der Waals surface area contributed by atoms with Crippen molar-refractivity contribution in [3.63, 3.8) is 0 Å². The number of aryl methyl sites for hydroxylation is 1. The largest absolute Gasteiger partial charge is 0.488 e. The van der Waals surface area contributed by atoms with Gasteiger partial charge >= 0.3 is 12.2 Å². The molecule has 1 aliphatic heterocycles. The molecule has 3 atom stereocenters. The van der Waals surface area contributed by atoms with Crippen LogP contribution in [0.5, 0.6) is 5.75 Å². The number of halogens is 3. The summed E-state index contributed by atoms with van der Waals surface area (Å²) >= 11 is 0. The van der Waals surface area contributed by atoms with E-state index in [1.54, 1.807) is 30.0 Å². The van der Waals surface area contributed by atoms with E-state index >= 15 is 0 Å². The van der Waals surface area contributed by atoms with E-state index in [2.05, 4.69) is 10.6 Å². The molecule has 4 amide bonds. The maximum atomic E-state index is 13.6. The Hall–Kier alpha value is -5.04. The molecule has 0 unspecified atom stereocenters. The van der Waals surface area contributed by atoms with Gasteiger partial charge in [0, 0.05) is 60.6 Å². The second kappa shape index (κ2) is 14.6. The predicted octanol–water partition coefficient (Wildman–Crippen LogP) is 5.69. The van der Waals surface area contributed by atoms with Crippen molar-refractivity contribution in [2.24, 2.45) is 13.0 Å². The van der Waals surface area contributed by atoms with Crippen LogP contribution in [-0.4, -0.2) is 76.2 Å². The van der Waals surface area contributed by atoms with Crippen molar-refractivity contribution in [1.29, 1.82) is 0 Å². The van der Waals surface area contributed by atoms with E-state index < -0.39 is 29.9 Å². The number of benzene rings is 3. The maximum absolute atomic E-state index is 13.6. The fourth-order valence-electron chi connectivity index (χ4n) is 5.98. The number of anilines is 2. The lowest BCUT2D eigenvalue weighted by Gasteiger charge is -2.34. The second-order valence-electron chi connectivity index (χ2n) is 12.6. The molecule has 0 radical (unpaired) electrons. The number of likely N-dealkylation sites (N-methyl/N-ethyl adjacent to an activating group) is 1. The minimum atomic E-state index is -4.49. The number of carbonyl (C=O) groups excluding carboxylic acids is 3. The fraction of sp³-hybridized carbons (Fsp3) is 0.361. The third-order valence-corrected chi connectivity index (χ3v) is 8.79. The van der Waals surface area contributed by atoms with Crippen LogP contribution in [0.3, 0.4) is 0 Å². The molecule has 49 heavy (non-hydrogen) atoms. The number of nitrogens with one attached hydrogen (secondary N) is 2. The summed E-state index contributed by atoms with van der Waals surface area (Å²) in [7, 11) is 3.47. The molecule has 5 rings (SSSR count). The SMILES string of the molecule is C[C@@H]1CN([C@H](C)CO)C(=O)Cc2cc(NC(=O)Cc3cn(C)c4ccccc34)ccc2O[C@@H]1CN(C)C(=O)Nc1ccc(C(F)(F)F)cc1. The summed E-state index contributed by atoms with van der Waals surface area (Å²) < 4.78 is 47.3. The Morgan fingerprint density at radius 2 is 1.76 bits per heavy atom. The zero-order valence-electron chi connectivity index (χ0n) is 27.8. The highest BCUT2D eigenvalue weighted by Crippen LogP contribution is 2.31. The first-order valence-electron chi connectivity index (χ1n) is 16.0. The van der Waals surface area contributed by atoms with Gasteiger partial charge in [0.05, 0.1) is 37.6 Å². The molecular formula is C36H40F3N5O5. The lowest BCUT2D eigenvalue weighted by Crippen LogP contribution is -2.48. The van der Waals surface area contributed by atoms with Crippen LogP contribution in [0.15, 0.2) is 72.9 Å². The first-order valence-corrected chi connectivity index (χ1v) is 16.0. The Morgan fingerprint density at radius 3 is 2.45 bits per heavy atom. The number of ether oxygens (including phenoxy) is 1. The van der Waals surface area contributed by atoms with Crippen molar-refractivity contribution in [3.05, 3.63) is 89.6 Å². The Balaban J connectivity index is 1.34. The number of aliphatic hydroxyl groups excluding tert-OH is 1. The molecule has 3 N–H and O–H groups in total. The molecule has 1 aliphatic rings. The van der Waals surface area contributed by atoms with Gasteiger partial charge in [0.25, 0.3) is 0 Å². The summed E-state index contributed by atoms with van der Waals surface area (Å²) in [5.41, 5.74) is 2.29. The third-order valence-electron chi connectivity index (χ3n) is 8.79. The molecule has 260 valence electrons. The number of rotatable bonds is 8. The van der Waals surface area contributed by atoms with Gasteiger partial charge in [-0.1, -0.05) is 25.1 Å². The zero-order chi connectivity index (χ0) is 35.5. The monoisotopic (exact) mass is 679 g/mol.